The van der Waals surface area contributed by atoms with E-state index in [1.807, 2.05) is 67.6 Å². The average molecular weight is 426 g/mol. The predicted octanol–water partition coefficient (Wildman–Crippen LogP) is 6.84. The van der Waals surface area contributed by atoms with Crippen LogP contribution in [0, 0.1) is 12.3 Å². The van der Waals surface area contributed by atoms with Gasteiger partial charge in [0, 0.05) is 17.1 Å². The Morgan fingerprint density at radius 1 is 0.806 bits per heavy atom. The average Bonchev–Trinajstić information content (AvgIpc) is 2.78. The number of aryl methyl sites for hydroxylation is 1. The molecule has 0 saturated heterocycles. The minimum Gasteiger partial charge on any atom is -0.367 e. The summed E-state index contributed by atoms with van der Waals surface area (Å²) in [5.74, 6) is 0. The van der Waals surface area contributed by atoms with Crippen molar-refractivity contribution in [3.63, 3.8) is 0 Å². The smallest absolute Gasteiger partial charge is 0.140 e. The Bertz CT molecular complexity index is 1090. The lowest BCUT2D eigenvalue weighted by Gasteiger charge is -2.38. The van der Waals surface area contributed by atoms with Crippen LogP contribution in [0.1, 0.15) is 34.9 Å². The molecule has 0 atom stereocenters. The lowest BCUT2D eigenvalue weighted by atomic mass is 9.76. The van der Waals surface area contributed by atoms with Crippen LogP contribution in [0.2, 0.25) is 5.15 Å². The lowest BCUT2D eigenvalue weighted by molar-refractivity contribution is 0.711. The van der Waals surface area contributed by atoms with E-state index in [1.165, 1.54) is 0 Å². The molecule has 4 rings (SSSR count). The van der Waals surface area contributed by atoms with Crippen LogP contribution < -0.4 is 5.32 Å². The van der Waals surface area contributed by atoms with Crippen LogP contribution in [0.3, 0.4) is 0 Å². The molecule has 31 heavy (non-hydrogen) atoms. The second-order valence-electron chi connectivity index (χ2n) is 7.58. The van der Waals surface area contributed by atoms with Crippen molar-refractivity contribution < 1.29 is 0 Å². The van der Waals surface area contributed by atoms with Crippen LogP contribution in [0.5, 0.6) is 0 Å². The van der Waals surface area contributed by atoms with Gasteiger partial charge in [-0.2, -0.15) is 0 Å². The van der Waals surface area contributed by atoms with E-state index in [4.69, 9.17) is 17.0 Å². The number of nitrogens with zero attached hydrogens (tertiary/aromatic N) is 1. The molecular formula is C27H24ClN3. The first kappa shape index (κ1) is 20.8. The topological polar surface area (TPSA) is 48.8 Å². The van der Waals surface area contributed by atoms with Crippen LogP contribution in [0.15, 0.2) is 97.1 Å². The van der Waals surface area contributed by atoms with Gasteiger partial charge in [-0.05, 0) is 36.6 Å². The van der Waals surface area contributed by atoms with Gasteiger partial charge >= 0.3 is 0 Å². The number of halogens is 1. The molecule has 4 aromatic rings. The molecule has 0 radical (unpaired) electrons. The fraction of sp³-hybridized carbons (Fsp3) is 0.111. The molecule has 0 saturated carbocycles. The first-order chi connectivity index (χ1) is 15.0. The number of anilines is 1. The van der Waals surface area contributed by atoms with Gasteiger partial charge in [-0.25, -0.2) is 4.98 Å². The largest absolute Gasteiger partial charge is 0.367 e. The van der Waals surface area contributed by atoms with Gasteiger partial charge in [-0.15, -0.1) is 0 Å². The van der Waals surface area contributed by atoms with Crippen molar-refractivity contribution in [2.24, 2.45) is 0 Å². The molecule has 0 amide bonds. The standard InChI is InChI=1S/C27H24ClN3/c1-19-18-24(25(20(2)29)26(28)30-19)31-27(21-12-6-3-7-13-21,22-14-8-4-9-15-22)23-16-10-5-11-17-23/h3-18,29H,1-2H3,(H,30,31). The van der Waals surface area contributed by atoms with Crippen LogP contribution in [-0.4, -0.2) is 10.7 Å². The summed E-state index contributed by atoms with van der Waals surface area (Å²) in [6.07, 6.45) is 0. The van der Waals surface area contributed by atoms with Crippen LogP contribution in [-0.2, 0) is 5.54 Å². The second kappa shape index (κ2) is 8.75. The number of hydrogen-bond acceptors (Lipinski definition) is 3. The van der Waals surface area contributed by atoms with E-state index in [0.717, 1.165) is 28.1 Å². The predicted molar refractivity (Wildman–Crippen MR) is 129 cm³/mol. The van der Waals surface area contributed by atoms with Gasteiger partial charge in [0.05, 0.1) is 5.56 Å². The highest BCUT2D eigenvalue weighted by Crippen LogP contribution is 2.41. The number of pyridine rings is 1. The molecule has 3 aromatic carbocycles. The SMILES string of the molecule is CC(=N)c1c(NC(c2ccccc2)(c2ccccc2)c2ccccc2)cc(C)nc1Cl. The Balaban J connectivity index is 2.06. The number of benzene rings is 3. The monoisotopic (exact) mass is 425 g/mol. The zero-order valence-electron chi connectivity index (χ0n) is 17.6. The third kappa shape index (κ3) is 3.97. The quantitative estimate of drug-likeness (QED) is 0.202. The Kier molecular flexibility index (Phi) is 5.88. The van der Waals surface area contributed by atoms with Crippen molar-refractivity contribution >= 4 is 23.0 Å². The van der Waals surface area contributed by atoms with Crippen LogP contribution in [0.25, 0.3) is 0 Å². The van der Waals surface area contributed by atoms with Crippen molar-refractivity contribution in [1.29, 1.82) is 5.41 Å². The number of rotatable bonds is 6. The summed E-state index contributed by atoms with van der Waals surface area (Å²) in [5.41, 5.74) is 5.12. The van der Waals surface area contributed by atoms with Crippen LogP contribution in [0.4, 0.5) is 5.69 Å². The fourth-order valence-electron chi connectivity index (χ4n) is 4.07. The first-order valence-electron chi connectivity index (χ1n) is 10.2. The molecule has 0 aliphatic rings. The van der Waals surface area contributed by atoms with Gasteiger partial charge in [0.2, 0.25) is 0 Å². The van der Waals surface area contributed by atoms with E-state index in [-0.39, 0.29) is 0 Å². The molecule has 1 aromatic heterocycles. The Morgan fingerprint density at radius 3 is 1.61 bits per heavy atom. The van der Waals surface area contributed by atoms with E-state index >= 15 is 0 Å². The summed E-state index contributed by atoms with van der Waals surface area (Å²) >= 11 is 6.50. The molecule has 0 fully saturated rings. The zero-order valence-corrected chi connectivity index (χ0v) is 18.3. The zero-order chi connectivity index (χ0) is 21.8. The van der Waals surface area contributed by atoms with E-state index < -0.39 is 5.54 Å². The Morgan fingerprint density at radius 2 is 1.23 bits per heavy atom. The molecule has 0 spiro atoms. The summed E-state index contributed by atoms with van der Waals surface area (Å²) in [5, 5.41) is 12.5. The van der Waals surface area contributed by atoms with Gasteiger partial charge in [-0.1, -0.05) is 103 Å². The molecular weight excluding hydrogens is 402 g/mol. The third-order valence-corrected chi connectivity index (χ3v) is 5.69. The summed E-state index contributed by atoms with van der Waals surface area (Å²) in [6.45, 7) is 3.65. The molecule has 4 heteroatoms. The van der Waals surface area contributed by atoms with Gasteiger partial charge in [0.25, 0.3) is 0 Å². The van der Waals surface area contributed by atoms with E-state index in [0.29, 0.717) is 16.4 Å². The summed E-state index contributed by atoms with van der Waals surface area (Å²) in [7, 11) is 0. The first-order valence-corrected chi connectivity index (χ1v) is 10.6. The molecule has 3 nitrogen and oxygen atoms in total. The van der Waals surface area contributed by atoms with E-state index in [2.05, 4.69) is 46.7 Å². The maximum atomic E-state index is 8.34. The number of nitrogens with one attached hydrogen (secondary N) is 2. The Labute approximate surface area is 188 Å². The molecule has 0 aliphatic heterocycles. The Hall–Kier alpha value is -3.43. The minimum absolute atomic E-state index is 0.332. The third-order valence-electron chi connectivity index (χ3n) is 5.42. The summed E-state index contributed by atoms with van der Waals surface area (Å²) in [6, 6.07) is 33.0. The highest BCUT2D eigenvalue weighted by molar-refractivity contribution is 6.33. The van der Waals surface area contributed by atoms with Gasteiger partial charge in [-0.3, -0.25) is 0 Å². The van der Waals surface area contributed by atoms with Crippen molar-refractivity contribution in [3.05, 3.63) is 130 Å². The second-order valence-corrected chi connectivity index (χ2v) is 7.93. The molecule has 0 unspecified atom stereocenters. The van der Waals surface area contributed by atoms with E-state index in [9.17, 15) is 0 Å². The van der Waals surface area contributed by atoms with Gasteiger partial charge in [0.15, 0.2) is 0 Å². The summed E-state index contributed by atoms with van der Waals surface area (Å²) in [4.78, 5) is 4.39. The van der Waals surface area contributed by atoms with Crippen molar-refractivity contribution in [1.82, 2.24) is 4.98 Å². The molecule has 0 bridgehead atoms. The van der Waals surface area contributed by atoms with Crippen molar-refractivity contribution in [2.75, 3.05) is 5.32 Å². The maximum absolute atomic E-state index is 8.34. The summed E-state index contributed by atoms with van der Waals surface area (Å²) < 4.78 is 0. The van der Waals surface area contributed by atoms with Crippen molar-refractivity contribution in [2.45, 2.75) is 19.4 Å². The van der Waals surface area contributed by atoms with Crippen LogP contribution >= 0.6 is 11.6 Å². The molecule has 2 N–H and O–H groups in total. The maximum Gasteiger partial charge on any atom is 0.140 e. The number of aromatic nitrogens is 1. The van der Waals surface area contributed by atoms with Gasteiger partial charge in [0.1, 0.15) is 10.7 Å². The molecule has 0 aliphatic carbocycles. The lowest BCUT2D eigenvalue weighted by Crippen LogP contribution is -2.38. The van der Waals surface area contributed by atoms with Crippen molar-refractivity contribution in [3.8, 4) is 0 Å². The normalized spacial score (nSPS) is 11.2. The highest BCUT2D eigenvalue weighted by atomic mass is 35.5. The minimum atomic E-state index is -0.689. The highest BCUT2D eigenvalue weighted by Gasteiger charge is 2.37. The molecule has 1 heterocycles. The molecule has 154 valence electrons. The number of hydrogen-bond donors (Lipinski definition) is 2. The van der Waals surface area contributed by atoms with E-state index in [1.54, 1.807) is 6.92 Å². The fourth-order valence-corrected chi connectivity index (χ4v) is 4.45. The van der Waals surface area contributed by atoms with Gasteiger partial charge < -0.3 is 10.7 Å².